The van der Waals surface area contributed by atoms with Crippen molar-refractivity contribution < 1.29 is 14.2 Å². The second kappa shape index (κ2) is 13.8. The lowest BCUT2D eigenvalue weighted by Gasteiger charge is -2.30. The summed E-state index contributed by atoms with van der Waals surface area (Å²) in [6.45, 7) is 13.1. The first-order valence-electron chi connectivity index (χ1n) is 8.31. The molecule has 3 heteroatoms. The Morgan fingerprint density at radius 1 is 0.750 bits per heavy atom. The molecule has 0 rings (SSSR count). The van der Waals surface area contributed by atoms with Gasteiger partial charge in [0.1, 0.15) is 0 Å². The van der Waals surface area contributed by atoms with Crippen molar-refractivity contribution in [3.63, 3.8) is 0 Å². The molecule has 0 heterocycles. The smallest absolute Gasteiger partial charge is 0.0468 e. The second-order valence-corrected chi connectivity index (χ2v) is 5.72. The van der Waals surface area contributed by atoms with Crippen LogP contribution in [0.3, 0.4) is 0 Å². The zero-order valence-corrected chi connectivity index (χ0v) is 14.3. The zero-order chi connectivity index (χ0) is 15.2. The Kier molecular flexibility index (Phi) is 13.8. The SMILES string of the molecule is CCOCCC[C@@H](C(C)CCOC)[C@H](C)CCOCC. The van der Waals surface area contributed by atoms with E-state index in [1.54, 1.807) is 7.11 Å². The monoisotopic (exact) mass is 288 g/mol. The molecule has 0 amide bonds. The van der Waals surface area contributed by atoms with E-state index in [0.717, 1.165) is 58.2 Å². The van der Waals surface area contributed by atoms with E-state index < -0.39 is 0 Å². The third-order valence-electron chi connectivity index (χ3n) is 4.19. The summed E-state index contributed by atoms with van der Waals surface area (Å²) in [4.78, 5) is 0. The third kappa shape index (κ3) is 9.73. The fraction of sp³-hybridized carbons (Fsp3) is 1.00. The lowest BCUT2D eigenvalue weighted by atomic mass is 9.77. The highest BCUT2D eigenvalue weighted by Crippen LogP contribution is 2.30. The van der Waals surface area contributed by atoms with Gasteiger partial charge >= 0.3 is 0 Å². The molecule has 20 heavy (non-hydrogen) atoms. The number of rotatable bonds is 14. The van der Waals surface area contributed by atoms with E-state index in [1.807, 2.05) is 0 Å². The molecule has 0 aliphatic carbocycles. The number of ether oxygens (including phenoxy) is 3. The summed E-state index contributed by atoms with van der Waals surface area (Å²) in [7, 11) is 1.79. The first-order chi connectivity index (χ1) is 9.67. The van der Waals surface area contributed by atoms with Crippen LogP contribution in [-0.4, -0.2) is 40.1 Å². The minimum Gasteiger partial charge on any atom is -0.385 e. The van der Waals surface area contributed by atoms with Gasteiger partial charge in [-0.3, -0.25) is 0 Å². The summed E-state index contributed by atoms with van der Waals surface area (Å²) < 4.78 is 16.2. The van der Waals surface area contributed by atoms with E-state index in [4.69, 9.17) is 14.2 Å². The Balaban J connectivity index is 4.20. The fourth-order valence-electron chi connectivity index (χ4n) is 2.84. The summed E-state index contributed by atoms with van der Waals surface area (Å²) >= 11 is 0. The van der Waals surface area contributed by atoms with Gasteiger partial charge in [0.15, 0.2) is 0 Å². The molecule has 0 aliphatic rings. The van der Waals surface area contributed by atoms with Gasteiger partial charge in [-0.2, -0.15) is 0 Å². The first-order valence-corrected chi connectivity index (χ1v) is 8.31. The van der Waals surface area contributed by atoms with Crippen LogP contribution in [0.1, 0.15) is 53.4 Å². The van der Waals surface area contributed by atoms with Crippen LogP contribution >= 0.6 is 0 Å². The molecule has 0 bridgehead atoms. The molecule has 3 atom stereocenters. The second-order valence-electron chi connectivity index (χ2n) is 5.72. The van der Waals surface area contributed by atoms with Crippen molar-refractivity contribution in [2.45, 2.75) is 53.4 Å². The van der Waals surface area contributed by atoms with Crippen molar-refractivity contribution in [1.29, 1.82) is 0 Å². The van der Waals surface area contributed by atoms with Crippen molar-refractivity contribution in [1.82, 2.24) is 0 Å². The Hall–Kier alpha value is -0.120. The largest absolute Gasteiger partial charge is 0.385 e. The molecule has 0 saturated carbocycles. The van der Waals surface area contributed by atoms with Crippen molar-refractivity contribution in [2.24, 2.45) is 17.8 Å². The molecule has 0 spiro atoms. The van der Waals surface area contributed by atoms with Gasteiger partial charge in [0.05, 0.1) is 0 Å². The van der Waals surface area contributed by atoms with E-state index in [9.17, 15) is 0 Å². The molecule has 0 aromatic rings. The van der Waals surface area contributed by atoms with Gasteiger partial charge in [0.2, 0.25) is 0 Å². The van der Waals surface area contributed by atoms with E-state index in [0.29, 0.717) is 11.8 Å². The van der Waals surface area contributed by atoms with Crippen LogP contribution in [0.4, 0.5) is 0 Å². The van der Waals surface area contributed by atoms with Crippen LogP contribution in [0, 0.1) is 17.8 Å². The van der Waals surface area contributed by atoms with E-state index >= 15 is 0 Å². The quantitative estimate of drug-likeness (QED) is 0.449. The molecule has 0 fully saturated rings. The summed E-state index contributed by atoms with van der Waals surface area (Å²) in [6.07, 6.45) is 4.71. The minimum absolute atomic E-state index is 0.702. The van der Waals surface area contributed by atoms with Gasteiger partial charge in [0, 0.05) is 40.1 Å². The predicted molar refractivity (Wildman–Crippen MR) is 85.1 cm³/mol. The van der Waals surface area contributed by atoms with Crippen LogP contribution in [0.2, 0.25) is 0 Å². The lowest BCUT2D eigenvalue weighted by Crippen LogP contribution is -2.23. The highest BCUT2D eigenvalue weighted by Gasteiger charge is 2.23. The fourth-order valence-corrected chi connectivity index (χ4v) is 2.84. The number of hydrogen-bond acceptors (Lipinski definition) is 3. The van der Waals surface area contributed by atoms with Crippen molar-refractivity contribution >= 4 is 0 Å². The van der Waals surface area contributed by atoms with E-state index in [2.05, 4.69) is 27.7 Å². The van der Waals surface area contributed by atoms with Crippen LogP contribution < -0.4 is 0 Å². The maximum Gasteiger partial charge on any atom is 0.0468 e. The zero-order valence-electron chi connectivity index (χ0n) is 14.3. The van der Waals surface area contributed by atoms with Crippen molar-refractivity contribution in [3.05, 3.63) is 0 Å². The molecule has 1 unspecified atom stereocenters. The summed E-state index contributed by atoms with van der Waals surface area (Å²) in [6, 6.07) is 0. The molecular formula is C17H36O3. The summed E-state index contributed by atoms with van der Waals surface area (Å²) in [5.74, 6) is 2.15. The summed E-state index contributed by atoms with van der Waals surface area (Å²) in [5, 5.41) is 0. The van der Waals surface area contributed by atoms with Crippen LogP contribution in [0.5, 0.6) is 0 Å². The van der Waals surface area contributed by atoms with Crippen molar-refractivity contribution in [2.75, 3.05) is 40.1 Å². The highest BCUT2D eigenvalue weighted by molar-refractivity contribution is 4.73. The van der Waals surface area contributed by atoms with Crippen LogP contribution in [-0.2, 0) is 14.2 Å². The van der Waals surface area contributed by atoms with E-state index in [1.165, 1.54) is 6.42 Å². The Morgan fingerprint density at radius 3 is 1.85 bits per heavy atom. The van der Waals surface area contributed by atoms with E-state index in [-0.39, 0.29) is 0 Å². The van der Waals surface area contributed by atoms with Gasteiger partial charge < -0.3 is 14.2 Å². The number of hydrogen-bond donors (Lipinski definition) is 0. The normalized spacial score (nSPS) is 16.1. The molecule has 0 N–H and O–H groups in total. The average molecular weight is 288 g/mol. The average Bonchev–Trinajstić information content (AvgIpc) is 2.45. The molecule has 0 aromatic heterocycles. The first kappa shape index (κ1) is 19.9. The summed E-state index contributed by atoms with van der Waals surface area (Å²) in [5.41, 5.74) is 0. The molecule has 0 aliphatic heterocycles. The lowest BCUT2D eigenvalue weighted by molar-refractivity contribution is 0.0927. The predicted octanol–water partition coefficient (Wildman–Crippen LogP) is 4.15. The Labute approximate surface area is 126 Å². The van der Waals surface area contributed by atoms with Gasteiger partial charge in [-0.15, -0.1) is 0 Å². The van der Waals surface area contributed by atoms with Gasteiger partial charge in [-0.25, -0.2) is 0 Å². The van der Waals surface area contributed by atoms with Crippen molar-refractivity contribution in [3.8, 4) is 0 Å². The molecular weight excluding hydrogens is 252 g/mol. The molecule has 122 valence electrons. The topological polar surface area (TPSA) is 27.7 Å². The van der Waals surface area contributed by atoms with Gasteiger partial charge in [-0.05, 0) is 57.3 Å². The maximum absolute atomic E-state index is 5.51. The Bertz CT molecular complexity index is 197. The maximum atomic E-state index is 5.51. The molecule has 0 radical (unpaired) electrons. The number of methoxy groups -OCH3 is 1. The van der Waals surface area contributed by atoms with Gasteiger partial charge in [-0.1, -0.05) is 13.8 Å². The molecule has 0 aromatic carbocycles. The highest BCUT2D eigenvalue weighted by atomic mass is 16.5. The molecule has 3 nitrogen and oxygen atoms in total. The van der Waals surface area contributed by atoms with Crippen LogP contribution in [0.25, 0.3) is 0 Å². The standard InChI is InChI=1S/C17H36O3/c1-6-19-12-8-9-17(15(3)10-13-18-5)16(4)11-14-20-7-2/h15-17H,6-14H2,1-5H3/t15?,16-,17+/m1/s1. The van der Waals surface area contributed by atoms with Gasteiger partial charge in [0.25, 0.3) is 0 Å². The molecule has 0 saturated heterocycles. The van der Waals surface area contributed by atoms with Crippen LogP contribution in [0.15, 0.2) is 0 Å². The Morgan fingerprint density at radius 2 is 1.30 bits per heavy atom. The minimum atomic E-state index is 0.702. The third-order valence-corrected chi connectivity index (χ3v) is 4.19.